The molecule has 0 aliphatic rings. The van der Waals surface area contributed by atoms with Crippen molar-refractivity contribution in [3.05, 3.63) is 0 Å². The zero-order valence-electron chi connectivity index (χ0n) is 39.7. The van der Waals surface area contributed by atoms with Gasteiger partial charge < -0.3 is 14.2 Å². The van der Waals surface area contributed by atoms with Crippen molar-refractivity contribution < 1.29 is 28.6 Å². The largest absolute Gasteiger partial charge is 0.462 e. The molecule has 0 aromatic heterocycles. The number of unbranched alkanes of at least 4 members (excludes halogenated alkanes) is 30. The Balaban J connectivity index is 4.25. The molecule has 0 radical (unpaired) electrons. The molecule has 2 atom stereocenters. The SMILES string of the molecule is CCCCCCCCCCCCCCCCCCCCC(=O)OC[C@H](COC(=O)CCCCCCCCCCC(C)CC)OC(=O)CCCCCCCCCC(C)C. The molecule has 0 bridgehead atoms. The van der Waals surface area contributed by atoms with Crippen LogP contribution >= 0.6 is 0 Å². The fourth-order valence-corrected chi connectivity index (χ4v) is 7.78. The van der Waals surface area contributed by atoms with Gasteiger partial charge in [-0.25, -0.2) is 0 Å². The van der Waals surface area contributed by atoms with Crippen molar-refractivity contribution in [3.63, 3.8) is 0 Å². The molecule has 58 heavy (non-hydrogen) atoms. The summed E-state index contributed by atoms with van der Waals surface area (Å²) >= 11 is 0. The van der Waals surface area contributed by atoms with E-state index in [1.54, 1.807) is 0 Å². The van der Waals surface area contributed by atoms with Gasteiger partial charge in [0, 0.05) is 19.3 Å². The van der Waals surface area contributed by atoms with E-state index >= 15 is 0 Å². The van der Waals surface area contributed by atoms with Crippen LogP contribution in [0.25, 0.3) is 0 Å². The highest BCUT2D eigenvalue weighted by Crippen LogP contribution is 2.18. The quantitative estimate of drug-likeness (QED) is 0.0346. The van der Waals surface area contributed by atoms with Gasteiger partial charge in [-0.15, -0.1) is 0 Å². The van der Waals surface area contributed by atoms with Crippen LogP contribution in [-0.2, 0) is 28.6 Å². The predicted octanol–water partition coefficient (Wildman–Crippen LogP) is 16.5. The van der Waals surface area contributed by atoms with Crippen LogP contribution in [0.1, 0.15) is 285 Å². The number of rotatable bonds is 46. The molecule has 0 aromatic rings. The lowest BCUT2D eigenvalue weighted by molar-refractivity contribution is -0.167. The average molecular weight is 821 g/mol. The summed E-state index contributed by atoms with van der Waals surface area (Å²) in [5, 5.41) is 0. The maximum absolute atomic E-state index is 12.7. The molecular weight excluding hydrogens is 721 g/mol. The molecule has 0 rings (SSSR count). The second kappa shape index (κ2) is 44.9. The van der Waals surface area contributed by atoms with Gasteiger partial charge in [-0.2, -0.15) is 0 Å². The first-order valence-corrected chi connectivity index (χ1v) is 25.8. The van der Waals surface area contributed by atoms with Gasteiger partial charge in [0.2, 0.25) is 0 Å². The lowest BCUT2D eigenvalue weighted by Gasteiger charge is -2.18. The summed E-state index contributed by atoms with van der Waals surface area (Å²) < 4.78 is 16.8. The highest BCUT2D eigenvalue weighted by molar-refractivity contribution is 5.71. The summed E-state index contributed by atoms with van der Waals surface area (Å²) in [5.41, 5.74) is 0. The maximum atomic E-state index is 12.7. The summed E-state index contributed by atoms with van der Waals surface area (Å²) in [7, 11) is 0. The number of esters is 3. The van der Waals surface area contributed by atoms with E-state index in [9.17, 15) is 14.4 Å². The standard InChI is InChI=1S/C52H100O6/c1-6-8-9-10-11-12-13-14-15-16-17-18-19-20-21-27-32-37-42-50(53)56-45-49(58-52(55)44-39-34-29-24-25-30-35-40-47(3)4)46-57-51(54)43-38-33-28-23-22-26-31-36-41-48(5)7-2/h47-49H,6-46H2,1-5H3/t48?,49-/m1/s1. The van der Waals surface area contributed by atoms with Crippen molar-refractivity contribution in [1.29, 1.82) is 0 Å². The van der Waals surface area contributed by atoms with Gasteiger partial charge in [0.25, 0.3) is 0 Å². The Morgan fingerprint density at radius 2 is 0.655 bits per heavy atom. The molecule has 6 nitrogen and oxygen atoms in total. The van der Waals surface area contributed by atoms with Crippen LogP contribution < -0.4 is 0 Å². The van der Waals surface area contributed by atoms with Crippen molar-refractivity contribution in [2.45, 2.75) is 291 Å². The van der Waals surface area contributed by atoms with Crippen LogP contribution in [0, 0.1) is 11.8 Å². The molecule has 344 valence electrons. The fourth-order valence-electron chi connectivity index (χ4n) is 7.78. The minimum absolute atomic E-state index is 0.0648. The Kier molecular flexibility index (Phi) is 43.7. The van der Waals surface area contributed by atoms with Crippen molar-refractivity contribution >= 4 is 17.9 Å². The molecule has 0 aromatic carbocycles. The van der Waals surface area contributed by atoms with E-state index < -0.39 is 6.10 Å². The number of hydrogen-bond acceptors (Lipinski definition) is 6. The zero-order chi connectivity index (χ0) is 42.6. The summed E-state index contributed by atoms with van der Waals surface area (Å²) in [6.45, 7) is 11.3. The van der Waals surface area contributed by atoms with E-state index in [-0.39, 0.29) is 31.1 Å². The van der Waals surface area contributed by atoms with Crippen molar-refractivity contribution in [3.8, 4) is 0 Å². The lowest BCUT2D eigenvalue weighted by Crippen LogP contribution is -2.30. The highest BCUT2D eigenvalue weighted by atomic mass is 16.6. The van der Waals surface area contributed by atoms with E-state index in [0.717, 1.165) is 69.6 Å². The van der Waals surface area contributed by atoms with Crippen LogP contribution in [0.3, 0.4) is 0 Å². The van der Waals surface area contributed by atoms with Crippen molar-refractivity contribution in [2.24, 2.45) is 11.8 Å². The first kappa shape index (κ1) is 56.4. The third kappa shape index (κ3) is 44.0. The lowest BCUT2D eigenvalue weighted by atomic mass is 9.99. The first-order chi connectivity index (χ1) is 28.3. The molecule has 0 aliphatic heterocycles. The summed E-state index contributed by atoms with van der Waals surface area (Å²) in [6, 6.07) is 0. The summed E-state index contributed by atoms with van der Waals surface area (Å²) in [4.78, 5) is 37.9. The Bertz CT molecular complexity index is 887. The molecule has 0 saturated heterocycles. The number of hydrogen-bond donors (Lipinski definition) is 0. The number of carbonyl (C=O) groups excluding carboxylic acids is 3. The summed E-state index contributed by atoms with van der Waals surface area (Å²) in [5.74, 6) is 0.771. The van der Waals surface area contributed by atoms with Gasteiger partial charge in [-0.3, -0.25) is 14.4 Å². The molecule has 0 heterocycles. The molecule has 0 aliphatic carbocycles. The Morgan fingerprint density at radius 1 is 0.362 bits per heavy atom. The van der Waals surface area contributed by atoms with E-state index in [4.69, 9.17) is 14.2 Å². The molecule has 0 N–H and O–H groups in total. The zero-order valence-corrected chi connectivity index (χ0v) is 39.7. The fraction of sp³-hybridized carbons (Fsp3) is 0.942. The summed E-state index contributed by atoms with van der Waals surface area (Å²) in [6.07, 6.45) is 45.3. The van der Waals surface area contributed by atoms with Crippen LogP contribution in [0.4, 0.5) is 0 Å². The first-order valence-electron chi connectivity index (χ1n) is 25.8. The number of ether oxygens (including phenoxy) is 3. The van der Waals surface area contributed by atoms with Crippen LogP contribution in [0.15, 0.2) is 0 Å². The van der Waals surface area contributed by atoms with Crippen molar-refractivity contribution in [2.75, 3.05) is 13.2 Å². The monoisotopic (exact) mass is 821 g/mol. The topological polar surface area (TPSA) is 78.9 Å². The molecule has 0 spiro atoms. The van der Waals surface area contributed by atoms with Gasteiger partial charge >= 0.3 is 17.9 Å². The normalized spacial score (nSPS) is 12.5. The van der Waals surface area contributed by atoms with Crippen LogP contribution in [0.2, 0.25) is 0 Å². The molecule has 0 fully saturated rings. The minimum atomic E-state index is -0.762. The highest BCUT2D eigenvalue weighted by Gasteiger charge is 2.19. The van der Waals surface area contributed by atoms with E-state index in [1.165, 1.54) is 173 Å². The molecule has 6 heteroatoms. The second-order valence-corrected chi connectivity index (χ2v) is 18.5. The molecule has 0 saturated carbocycles. The molecule has 0 amide bonds. The van der Waals surface area contributed by atoms with Gasteiger partial charge in [0.1, 0.15) is 13.2 Å². The Hall–Kier alpha value is -1.59. The molecular formula is C52H100O6. The Morgan fingerprint density at radius 3 is 0.983 bits per heavy atom. The third-order valence-corrected chi connectivity index (χ3v) is 12.1. The Labute approximate surface area is 361 Å². The molecule has 1 unspecified atom stereocenters. The second-order valence-electron chi connectivity index (χ2n) is 18.5. The van der Waals surface area contributed by atoms with Gasteiger partial charge in [0.15, 0.2) is 6.10 Å². The minimum Gasteiger partial charge on any atom is -0.462 e. The number of carbonyl (C=O) groups is 3. The van der Waals surface area contributed by atoms with Crippen LogP contribution in [0.5, 0.6) is 0 Å². The smallest absolute Gasteiger partial charge is 0.306 e. The predicted molar refractivity (Wildman–Crippen MR) is 247 cm³/mol. The van der Waals surface area contributed by atoms with Crippen LogP contribution in [-0.4, -0.2) is 37.2 Å². The van der Waals surface area contributed by atoms with Gasteiger partial charge in [-0.1, -0.05) is 247 Å². The van der Waals surface area contributed by atoms with E-state index in [0.29, 0.717) is 19.3 Å². The average Bonchev–Trinajstić information content (AvgIpc) is 3.21. The van der Waals surface area contributed by atoms with Crippen molar-refractivity contribution in [1.82, 2.24) is 0 Å². The van der Waals surface area contributed by atoms with E-state index in [1.807, 2.05) is 0 Å². The van der Waals surface area contributed by atoms with Gasteiger partial charge in [-0.05, 0) is 31.1 Å². The maximum Gasteiger partial charge on any atom is 0.306 e. The third-order valence-electron chi connectivity index (χ3n) is 12.1. The van der Waals surface area contributed by atoms with E-state index in [2.05, 4.69) is 34.6 Å². The van der Waals surface area contributed by atoms with Gasteiger partial charge in [0.05, 0.1) is 0 Å².